The summed E-state index contributed by atoms with van der Waals surface area (Å²) in [5, 5.41) is 2.80. The first-order chi connectivity index (χ1) is 9.60. The monoisotopic (exact) mass is 315 g/mol. The summed E-state index contributed by atoms with van der Waals surface area (Å²) in [5.41, 5.74) is 0.329. The van der Waals surface area contributed by atoms with Crippen LogP contribution in [0.15, 0.2) is 12.5 Å². The van der Waals surface area contributed by atoms with Crippen LogP contribution in [-0.4, -0.2) is 37.0 Å². The van der Waals surface area contributed by atoms with Crippen LogP contribution in [0.25, 0.3) is 0 Å². The zero-order valence-corrected chi connectivity index (χ0v) is 14.4. The van der Waals surface area contributed by atoms with Crippen molar-refractivity contribution in [1.29, 1.82) is 0 Å². The van der Waals surface area contributed by atoms with Crippen molar-refractivity contribution in [3.8, 4) is 0 Å². The number of rotatable bonds is 5. The van der Waals surface area contributed by atoms with Gasteiger partial charge >= 0.3 is 6.09 Å². The highest BCUT2D eigenvalue weighted by Crippen LogP contribution is 2.15. The van der Waals surface area contributed by atoms with Gasteiger partial charge in [0.1, 0.15) is 5.60 Å². The van der Waals surface area contributed by atoms with E-state index in [-0.39, 0.29) is 11.3 Å². The summed E-state index contributed by atoms with van der Waals surface area (Å²) in [7, 11) is -0.901. The van der Waals surface area contributed by atoms with Crippen LogP contribution >= 0.6 is 0 Å². The first-order valence-corrected chi connectivity index (χ1v) is 8.54. The topological polar surface area (TPSA) is 73.2 Å². The molecule has 0 aliphatic rings. The molecule has 7 heteroatoms. The summed E-state index contributed by atoms with van der Waals surface area (Å²) in [6, 6.07) is -0.236. The molecule has 1 heterocycles. The van der Waals surface area contributed by atoms with Gasteiger partial charge in [0.15, 0.2) is 0 Å². The Morgan fingerprint density at radius 3 is 2.62 bits per heavy atom. The fourth-order valence-corrected chi connectivity index (χ4v) is 2.15. The van der Waals surface area contributed by atoms with Crippen LogP contribution in [0.1, 0.15) is 46.4 Å². The molecule has 1 aromatic rings. The van der Waals surface area contributed by atoms with Crippen molar-refractivity contribution in [1.82, 2.24) is 14.9 Å². The lowest BCUT2D eigenvalue weighted by Gasteiger charge is -2.22. The van der Waals surface area contributed by atoms with Gasteiger partial charge in [0.2, 0.25) is 0 Å². The Kier molecular flexibility index (Phi) is 5.95. The Morgan fingerprint density at radius 2 is 2.10 bits per heavy atom. The highest BCUT2D eigenvalue weighted by molar-refractivity contribution is 7.84. The molecule has 0 aliphatic carbocycles. The lowest BCUT2D eigenvalue weighted by atomic mass is 10.2. The Morgan fingerprint density at radius 1 is 1.48 bits per heavy atom. The SMILES string of the molecule is CC(Cn1cncc1[C@H](C)NC(=O)OC(C)(C)C)S(C)=O. The third-order valence-electron chi connectivity index (χ3n) is 2.94. The van der Waals surface area contributed by atoms with Gasteiger partial charge in [-0.25, -0.2) is 9.78 Å². The van der Waals surface area contributed by atoms with Gasteiger partial charge in [-0.1, -0.05) is 0 Å². The normalized spacial score (nSPS) is 16.1. The van der Waals surface area contributed by atoms with Crippen LogP contribution in [0.4, 0.5) is 4.79 Å². The summed E-state index contributed by atoms with van der Waals surface area (Å²) >= 11 is 0. The van der Waals surface area contributed by atoms with E-state index in [9.17, 15) is 9.00 Å². The molecule has 1 N–H and O–H groups in total. The third-order valence-corrected chi connectivity index (χ3v) is 4.22. The second-order valence-corrected chi connectivity index (χ2v) is 7.95. The standard InChI is InChI=1S/C14H25N3O3S/c1-10(21(6)19)8-17-9-15-7-12(17)11(2)16-13(18)20-14(3,4)5/h7,9-11H,8H2,1-6H3,(H,16,18)/t10?,11-,21?/m0/s1. The third kappa shape index (κ3) is 5.87. The number of nitrogens with zero attached hydrogens (tertiary/aromatic N) is 2. The zero-order chi connectivity index (χ0) is 16.2. The minimum atomic E-state index is -0.901. The molecule has 2 unspecified atom stereocenters. The van der Waals surface area contributed by atoms with Crippen LogP contribution in [0.3, 0.4) is 0 Å². The number of aromatic nitrogens is 2. The molecule has 0 saturated heterocycles. The smallest absolute Gasteiger partial charge is 0.408 e. The number of alkyl carbamates (subject to hydrolysis) is 1. The lowest BCUT2D eigenvalue weighted by Crippen LogP contribution is -2.35. The van der Waals surface area contributed by atoms with Crippen molar-refractivity contribution in [3.63, 3.8) is 0 Å². The predicted octanol–water partition coefficient (Wildman–Crippen LogP) is 2.24. The Labute approximate surface area is 128 Å². The van der Waals surface area contributed by atoms with Crippen molar-refractivity contribution in [2.75, 3.05) is 6.26 Å². The molecule has 0 fully saturated rings. The zero-order valence-electron chi connectivity index (χ0n) is 13.5. The van der Waals surface area contributed by atoms with E-state index >= 15 is 0 Å². The first-order valence-electron chi connectivity index (χ1n) is 6.92. The molecule has 1 rings (SSSR count). The summed E-state index contributed by atoms with van der Waals surface area (Å²) in [6.45, 7) is 9.84. The van der Waals surface area contributed by atoms with Crippen molar-refractivity contribution in [2.24, 2.45) is 0 Å². The van der Waals surface area contributed by atoms with Crippen LogP contribution < -0.4 is 5.32 Å². The summed E-state index contributed by atoms with van der Waals surface area (Å²) in [5.74, 6) is 0. The fraction of sp³-hybridized carbons (Fsp3) is 0.714. The predicted molar refractivity (Wildman–Crippen MR) is 83.5 cm³/mol. The maximum atomic E-state index is 11.8. The number of imidazole rings is 1. The van der Waals surface area contributed by atoms with Gasteiger partial charge in [0, 0.05) is 28.9 Å². The molecule has 0 aromatic carbocycles. The maximum Gasteiger partial charge on any atom is 0.408 e. The van der Waals surface area contributed by atoms with Gasteiger partial charge in [-0.2, -0.15) is 0 Å². The van der Waals surface area contributed by atoms with E-state index in [2.05, 4.69) is 10.3 Å². The molecule has 0 spiro atoms. The van der Waals surface area contributed by atoms with Crippen LogP contribution in [0.5, 0.6) is 0 Å². The van der Waals surface area contributed by atoms with Gasteiger partial charge in [0.05, 0.1) is 24.3 Å². The van der Waals surface area contributed by atoms with E-state index in [4.69, 9.17) is 4.74 Å². The molecule has 21 heavy (non-hydrogen) atoms. The van der Waals surface area contributed by atoms with E-state index in [0.29, 0.717) is 6.54 Å². The summed E-state index contributed by atoms with van der Waals surface area (Å²) in [4.78, 5) is 15.9. The van der Waals surface area contributed by atoms with Crippen molar-refractivity contribution in [3.05, 3.63) is 18.2 Å². The minimum absolute atomic E-state index is 0.0201. The van der Waals surface area contributed by atoms with Crippen LogP contribution in [0, 0.1) is 0 Å². The van der Waals surface area contributed by atoms with Crippen molar-refractivity contribution >= 4 is 16.9 Å². The number of carbonyl (C=O) groups is 1. The Balaban J connectivity index is 2.71. The second kappa shape index (κ2) is 7.06. The molecule has 1 aromatic heterocycles. The average Bonchev–Trinajstić information content (AvgIpc) is 2.73. The van der Waals surface area contributed by atoms with Crippen molar-refractivity contribution < 1.29 is 13.7 Å². The number of carbonyl (C=O) groups excluding carboxylic acids is 1. The minimum Gasteiger partial charge on any atom is -0.444 e. The molecule has 0 saturated carbocycles. The van der Waals surface area contributed by atoms with Crippen molar-refractivity contribution in [2.45, 2.75) is 58.1 Å². The largest absolute Gasteiger partial charge is 0.444 e. The number of ether oxygens (including phenoxy) is 1. The van der Waals surface area contributed by atoms with Gasteiger partial charge in [-0.15, -0.1) is 0 Å². The van der Waals surface area contributed by atoms with Crippen LogP contribution in [0.2, 0.25) is 0 Å². The summed E-state index contributed by atoms with van der Waals surface area (Å²) in [6.07, 6.45) is 4.61. The van der Waals surface area contributed by atoms with E-state index in [0.717, 1.165) is 5.69 Å². The molecular formula is C14H25N3O3S. The molecular weight excluding hydrogens is 290 g/mol. The first kappa shape index (κ1) is 17.7. The van der Waals surface area contributed by atoms with Gasteiger partial charge < -0.3 is 14.6 Å². The fourth-order valence-electron chi connectivity index (χ4n) is 1.78. The molecule has 120 valence electrons. The van der Waals surface area contributed by atoms with Gasteiger partial charge in [-0.3, -0.25) is 4.21 Å². The van der Waals surface area contributed by atoms with Gasteiger partial charge in [-0.05, 0) is 34.6 Å². The van der Waals surface area contributed by atoms with E-state index in [1.165, 1.54) is 0 Å². The molecule has 1 amide bonds. The Bertz CT molecular complexity index is 508. The van der Waals surface area contributed by atoms with E-state index in [1.807, 2.05) is 39.2 Å². The lowest BCUT2D eigenvalue weighted by molar-refractivity contribution is 0.0506. The highest BCUT2D eigenvalue weighted by atomic mass is 32.2. The van der Waals surface area contributed by atoms with Crippen LogP contribution in [-0.2, 0) is 22.1 Å². The molecule has 0 bridgehead atoms. The number of hydrogen-bond donors (Lipinski definition) is 1. The number of nitrogens with one attached hydrogen (secondary N) is 1. The van der Waals surface area contributed by atoms with Gasteiger partial charge in [0.25, 0.3) is 0 Å². The quantitative estimate of drug-likeness (QED) is 0.904. The highest BCUT2D eigenvalue weighted by Gasteiger charge is 2.20. The molecule has 0 aliphatic heterocycles. The van der Waals surface area contributed by atoms with E-state index < -0.39 is 22.5 Å². The second-order valence-electron chi connectivity index (χ2n) is 6.15. The molecule has 6 nitrogen and oxygen atoms in total. The maximum absolute atomic E-state index is 11.8. The van der Waals surface area contributed by atoms with E-state index in [1.54, 1.807) is 18.8 Å². The summed E-state index contributed by atoms with van der Waals surface area (Å²) < 4.78 is 18.6. The Hall–Kier alpha value is -1.37. The number of amides is 1. The molecule has 3 atom stereocenters. The number of hydrogen-bond acceptors (Lipinski definition) is 4. The average molecular weight is 315 g/mol. The molecule has 0 radical (unpaired) electrons.